The van der Waals surface area contributed by atoms with Crippen molar-refractivity contribution in [2.75, 3.05) is 19.3 Å². The van der Waals surface area contributed by atoms with Gasteiger partial charge >= 0.3 is 0 Å². The molecule has 2 aromatic carbocycles. The lowest BCUT2D eigenvalue weighted by atomic mass is 10.1. The van der Waals surface area contributed by atoms with Gasteiger partial charge < -0.3 is 10.2 Å². The first-order valence-electron chi connectivity index (χ1n) is 12.6. The first kappa shape index (κ1) is 24.8. The summed E-state index contributed by atoms with van der Waals surface area (Å²) in [7, 11) is 2.10. The Hall–Kier alpha value is -3.47. The number of thiophene rings is 1. The highest BCUT2D eigenvalue weighted by Crippen LogP contribution is 2.35. The number of nitrogens with zero attached hydrogens (tertiary/aromatic N) is 5. The first-order chi connectivity index (χ1) is 18.5. The van der Waals surface area contributed by atoms with Gasteiger partial charge in [-0.1, -0.05) is 60.3 Å². The van der Waals surface area contributed by atoms with Crippen LogP contribution in [-0.2, 0) is 24.2 Å². The lowest BCUT2D eigenvalue weighted by molar-refractivity contribution is -0.119. The standard InChI is InChI=1S/C28H28N6O2S2/c1-18(15-19-9-5-3-6-10-19)29-23(35)17-37-28-31-30-27-33(20-11-7-4-8-12-20)25(36)24-21-13-14-32(2)16-22(21)38-26(24)34(27)28/h3-12,18H,13-17H2,1-2H3,(H,29,35)/t18-/m0/s1. The van der Waals surface area contributed by atoms with Crippen LogP contribution in [0.3, 0.4) is 0 Å². The van der Waals surface area contributed by atoms with Crippen molar-refractivity contribution in [1.29, 1.82) is 0 Å². The SMILES string of the molecule is C[C@@H](Cc1ccccc1)NC(=O)CSc1nnc2n(-c3ccccc3)c(=O)c3c4c(sc3n12)CN(C)CC4. The minimum Gasteiger partial charge on any atom is -0.353 e. The molecule has 0 spiro atoms. The van der Waals surface area contributed by atoms with Crippen LogP contribution in [0.5, 0.6) is 0 Å². The van der Waals surface area contributed by atoms with E-state index in [1.807, 2.05) is 59.9 Å². The number of carbonyl (C=O) groups is 1. The molecule has 0 saturated heterocycles. The quantitative estimate of drug-likeness (QED) is 0.313. The molecule has 1 aliphatic rings. The molecule has 0 saturated carbocycles. The number of likely N-dealkylation sites (N-methyl/N-ethyl adjacent to an activating group) is 1. The van der Waals surface area contributed by atoms with Crippen molar-refractivity contribution in [2.24, 2.45) is 0 Å². The van der Waals surface area contributed by atoms with E-state index in [4.69, 9.17) is 0 Å². The second-order valence-electron chi connectivity index (χ2n) is 9.71. The van der Waals surface area contributed by atoms with Crippen LogP contribution in [0.25, 0.3) is 21.7 Å². The molecule has 6 rings (SSSR count). The van der Waals surface area contributed by atoms with Crippen LogP contribution in [0.4, 0.5) is 0 Å². The van der Waals surface area contributed by atoms with Crippen LogP contribution in [0.2, 0.25) is 0 Å². The Morgan fingerprint density at radius 3 is 2.61 bits per heavy atom. The van der Waals surface area contributed by atoms with E-state index >= 15 is 0 Å². The number of nitrogens with one attached hydrogen (secondary N) is 1. The van der Waals surface area contributed by atoms with Gasteiger partial charge in [0, 0.05) is 24.0 Å². The topological polar surface area (TPSA) is 84.5 Å². The summed E-state index contributed by atoms with van der Waals surface area (Å²) in [6.45, 7) is 3.73. The van der Waals surface area contributed by atoms with Gasteiger partial charge in [-0.3, -0.25) is 9.59 Å². The molecular weight excluding hydrogens is 516 g/mol. The predicted octanol–water partition coefficient (Wildman–Crippen LogP) is 3.92. The average molecular weight is 545 g/mol. The number of thioether (sulfide) groups is 1. The van der Waals surface area contributed by atoms with E-state index in [1.165, 1.54) is 22.2 Å². The lowest BCUT2D eigenvalue weighted by Crippen LogP contribution is -2.35. The van der Waals surface area contributed by atoms with Gasteiger partial charge in [-0.15, -0.1) is 21.5 Å². The van der Waals surface area contributed by atoms with Crippen molar-refractivity contribution in [1.82, 2.24) is 29.4 Å². The molecule has 1 aliphatic heterocycles. The fourth-order valence-corrected chi connectivity index (χ4v) is 7.27. The lowest BCUT2D eigenvalue weighted by Gasteiger charge is -2.21. The van der Waals surface area contributed by atoms with Gasteiger partial charge in [0.1, 0.15) is 4.83 Å². The van der Waals surface area contributed by atoms with Crippen LogP contribution in [0.15, 0.2) is 70.6 Å². The summed E-state index contributed by atoms with van der Waals surface area (Å²) in [6.07, 6.45) is 1.60. The number of aromatic nitrogens is 4. The maximum atomic E-state index is 13.9. The van der Waals surface area contributed by atoms with E-state index in [0.717, 1.165) is 47.4 Å². The number of hydrogen-bond acceptors (Lipinski definition) is 7. The number of rotatable bonds is 7. The van der Waals surface area contributed by atoms with Gasteiger partial charge in [-0.2, -0.15) is 0 Å². The number of benzene rings is 2. The molecule has 1 amide bonds. The molecule has 0 unspecified atom stereocenters. The molecule has 0 bridgehead atoms. The van der Waals surface area contributed by atoms with Gasteiger partial charge in [0.2, 0.25) is 11.7 Å². The molecule has 0 fully saturated rings. The van der Waals surface area contributed by atoms with Crippen LogP contribution in [0, 0.1) is 0 Å². The van der Waals surface area contributed by atoms with Crippen molar-refractivity contribution >= 4 is 45.0 Å². The van der Waals surface area contributed by atoms with Crippen molar-refractivity contribution in [3.8, 4) is 5.69 Å². The maximum absolute atomic E-state index is 13.9. The third kappa shape index (κ3) is 4.63. The fourth-order valence-electron chi connectivity index (χ4n) is 5.05. The van der Waals surface area contributed by atoms with Crippen LogP contribution in [-0.4, -0.2) is 55.4 Å². The Morgan fingerprint density at radius 2 is 1.84 bits per heavy atom. The van der Waals surface area contributed by atoms with Crippen molar-refractivity contribution < 1.29 is 4.79 Å². The first-order valence-corrected chi connectivity index (χ1v) is 14.4. The Morgan fingerprint density at radius 1 is 1.11 bits per heavy atom. The Labute approximate surface area is 228 Å². The maximum Gasteiger partial charge on any atom is 0.268 e. The molecule has 1 N–H and O–H groups in total. The van der Waals surface area contributed by atoms with Gasteiger partial charge in [0.15, 0.2) is 5.16 Å². The minimum absolute atomic E-state index is 0.0108. The van der Waals surface area contributed by atoms with E-state index in [2.05, 4.69) is 39.6 Å². The highest BCUT2D eigenvalue weighted by molar-refractivity contribution is 7.99. The van der Waals surface area contributed by atoms with Crippen LogP contribution in [0.1, 0.15) is 22.9 Å². The average Bonchev–Trinajstić information content (AvgIpc) is 3.50. The Bertz CT molecular complexity index is 1680. The molecule has 0 radical (unpaired) electrons. The van der Waals surface area contributed by atoms with E-state index in [1.54, 1.807) is 15.9 Å². The summed E-state index contributed by atoms with van der Waals surface area (Å²) in [4.78, 5) is 31.1. The summed E-state index contributed by atoms with van der Waals surface area (Å²) in [6, 6.07) is 19.7. The number of fused-ring (bicyclic) bond motifs is 5. The molecule has 10 heteroatoms. The molecule has 4 heterocycles. The van der Waals surface area contributed by atoms with Crippen molar-refractivity contribution in [3.63, 3.8) is 0 Å². The zero-order chi connectivity index (χ0) is 26.2. The number of hydrogen-bond donors (Lipinski definition) is 1. The predicted molar refractivity (Wildman–Crippen MR) is 152 cm³/mol. The second kappa shape index (κ2) is 10.4. The summed E-state index contributed by atoms with van der Waals surface area (Å²) in [5, 5.41) is 13.3. The van der Waals surface area contributed by atoms with E-state index in [0.29, 0.717) is 10.9 Å². The van der Waals surface area contributed by atoms with Crippen LogP contribution < -0.4 is 10.9 Å². The van der Waals surface area contributed by atoms with Crippen molar-refractivity contribution in [2.45, 2.75) is 37.5 Å². The summed E-state index contributed by atoms with van der Waals surface area (Å²) in [5.41, 5.74) is 2.98. The van der Waals surface area contributed by atoms with Gasteiger partial charge in [-0.05, 0) is 50.1 Å². The monoisotopic (exact) mass is 544 g/mol. The Kier molecular flexibility index (Phi) is 6.77. The smallest absolute Gasteiger partial charge is 0.268 e. The van der Waals surface area contributed by atoms with Gasteiger partial charge in [-0.25, -0.2) is 8.97 Å². The fraction of sp³-hybridized carbons (Fsp3) is 0.286. The third-order valence-corrected chi connectivity index (χ3v) is 8.94. The highest BCUT2D eigenvalue weighted by Gasteiger charge is 2.27. The molecule has 3 aromatic heterocycles. The number of carbonyl (C=O) groups excluding carboxylic acids is 1. The van der Waals surface area contributed by atoms with E-state index < -0.39 is 0 Å². The molecule has 194 valence electrons. The van der Waals surface area contributed by atoms with Gasteiger partial charge in [0.25, 0.3) is 5.56 Å². The van der Waals surface area contributed by atoms with Crippen LogP contribution >= 0.6 is 23.1 Å². The van der Waals surface area contributed by atoms with Crippen molar-refractivity contribution in [3.05, 3.63) is 87.0 Å². The third-order valence-electron chi connectivity index (χ3n) is 6.80. The van der Waals surface area contributed by atoms with Gasteiger partial charge in [0.05, 0.1) is 16.8 Å². The van der Waals surface area contributed by atoms with E-state index in [9.17, 15) is 9.59 Å². The zero-order valence-corrected chi connectivity index (χ0v) is 22.9. The normalized spacial score (nSPS) is 14.6. The molecule has 0 aliphatic carbocycles. The Balaban J connectivity index is 1.35. The second-order valence-corrected chi connectivity index (χ2v) is 11.7. The summed E-state index contributed by atoms with van der Waals surface area (Å²) < 4.78 is 3.60. The molecule has 38 heavy (non-hydrogen) atoms. The summed E-state index contributed by atoms with van der Waals surface area (Å²) >= 11 is 2.97. The highest BCUT2D eigenvalue weighted by atomic mass is 32.2. The minimum atomic E-state index is -0.0721. The number of para-hydroxylation sites is 1. The molecule has 5 aromatic rings. The molecule has 1 atom stereocenters. The number of amides is 1. The largest absolute Gasteiger partial charge is 0.353 e. The molecule has 8 nitrogen and oxygen atoms in total. The zero-order valence-electron chi connectivity index (χ0n) is 21.3. The van der Waals surface area contributed by atoms with E-state index in [-0.39, 0.29) is 23.3 Å². The summed E-state index contributed by atoms with van der Waals surface area (Å²) in [5.74, 6) is 0.607. The molecular formula is C28H28N6O2S2.